The number of thioether (sulfide) groups is 1. The molecule has 0 atom stereocenters. The minimum atomic E-state index is -0.374. The maximum atomic E-state index is 10.6. The van der Waals surface area contributed by atoms with Crippen molar-refractivity contribution in [2.75, 3.05) is 25.6 Å². The van der Waals surface area contributed by atoms with Gasteiger partial charge in [-0.05, 0) is 6.42 Å². The number of hydrogen-bond donors (Lipinski definition) is 1. The van der Waals surface area contributed by atoms with Gasteiger partial charge >= 0.3 is 0 Å². The summed E-state index contributed by atoms with van der Waals surface area (Å²) < 4.78 is 5.32. The van der Waals surface area contributed by atoms with Crippen molar-refractivity contribution in [3.05, 3.63) is 0 Å². The van der Waals surface area contributed by atoms with E-state index in [-0.39, 0.29) is 11.7 Å². The van der Waals surface area contributed by atoms with Crippen LogP contribution in [0.1, 0.15) is 32.6 Å². The Balaban J connectivity index is 2.95. The van der Waals surface area contributed by atoms with Crippen LogP contribution in [-0.4, -0.2) is 35.8 Å². The first-order valence-electron chi connectivity index (χ1n) is 5.15. The second-order valence-electron chi connectivity index (χ2n) is 3.05. The number of rotatable bonds is 9. The van der Waals surface area contributed by atoms with E-state index in [1.165, 1.54) is 19.3 Å². The molecule has 0 aliphatic heterocycles. The van der Waals surface area contributed by atoms with Crippen molar-refractivity contribution in [2.24, 2.45) is 0 Å². The molecule has 14 heavy (non-hydrogen) atoms. The molecule has 1 N–H and O–H groups in total. The molecular formula is C10H20O3S. The van der Waals surface area contributed by atoms with Gasteiger partial charge in [-0.25, -0.2) is 0 Å². The molecule has 0 radical (unpaired) electrons. The second-order valence-corrected chi connectivity index (χ2v) is 4.20. The van der Waals surface area contributed by atoms with Gasteiger partial charge in [0.1, 0.15) is 6.61 Å². The summed E-state index contributed by atoms with van der Waals surface area (Å²) in [7, 11) is 0. The minimum absolute atomic E-state index is 0.181. The zero-order valence-electron chi connectivity index (χ0n) is 8.83. The van der Waals surface area contributed by atoms with Crippen molar-refractivity contribution in [3.63, 3.8) is 0 Å². The highest BCUT2D eigenvalue weighted by Gasteiger charge is 1.98. The average molecular weight is 220 g/mol. The molecule has 0 bridgehead atoms. The van der Waals surface area contributed by atoms with Gasteiger partial charge in [0.05, 0.1) is 6.61 Å². The Morgan fingerprint density at radius 3 is 2.71 bits per heavy atom. The number of unbranched alkanes of at least 4 members (excludes halogenated alkanes) is 3. The van der Waals surface area contributed by atoms with E-state index in [9.17, 15) is 4.79 Å². The predicted octanol–water partition coefficient (Wildman–Crippen LogP) is 1.84. The van der Waals surface area contributed by atoms with Crippen LogP contribution in [0.25, 0.3) is 0 Å². The molecule has 84 valence electrons. The van der Waals surface area contributed by atoms with Crippen LogP contribution in [0.4, 0.5) is 0 Å². The van der Waals surface area contributed by atoms with Gasteiger partial charge in [-0.2, -0.15) is 0 Å². The first kappa shape index (κ1) is 13.9. The molecule has 0 spiro atoms. The molecule has 0 unspecified atom stereocenters. The third kappa shape index (κ3) is 10.0. The molecule has 0 saturated heterocycles. The molecule has 0 saturated carbocycles. The zero-order valence-corrected chi connectivity index (χ0v) is 9.65. The van der Waals surface area contributed by atoms with Crippen molar-refractivity contribution in [2.45, 2.75) is 32.6 Å². The van der Waals surface area contributed by atoms with Gasteiger partial charge in [-0.1, -0.05) is 37.9 Å². The molecule has 3 nitrogen and oxygen atoms in total. The van der Waals surface area contributed by atoms with Crippen LogP contribution >= 0.6 is 11.8 Å². The summed E-state index contributed by atoms with van der Waals surface area (Å²) in [5.41, 5.74) is 0. The molecule has 0 aromatic rings. The van der Waals surface area contributed by atoms with E-state index in [0.29, 0.717) is 12.4 Å². The molecule has 0 aliphatic rings. The highest BCUT2D eigenvalue weighted by atomic mass is 32.2. The SMILES string of the molecule is CCCCCCOCCSC(=O)CO. The lowest BCUT2D eigenvalue weighted by Crippen LogP contribution is -2.04. The Kier molecular flexibility index (Phi) is 11.0. The number of carbonyl (C=O) groups is 1. The third-order valence-corrected chi connectivity index (χ3v) is 2.58. The molecule has 4 heteroatoms. The maximum absolute atomic E-state index is 10.6. The lowest BCUT2D eigenvalue weighted by Gasteiger charge is -2.02. The fourth-order valence-electron chi connectivity index (χ4n) is 0.993. The van der Waals surface area contributed by atoms with Crippen LogP contribution in [0.15, 0.2) is 0 Å². The summed E-state index contributed by atoms with van der Waals surface area (Å²) >= 11 is 1.13. The molecule has 0 rings (SSSR count). The number of carbonyl (C=O) groups excluding carboxylic acids is 1. The highest BCUT2D eigenvalue weighted by molar-refractivity contribution is 8.13. The monoisotopic (exact) mass is 220 g/mol. The van der Waals surface area contributed by atoms with Crippen LogP contribution in [-0.2, 0) is 9.53 Å². The van der Waals surface area contributed by atoms with Crippen LogP contribution in [0.3, 0.4) is 0 Å². The quantitative estimate of drug-likeness (QED) is 0.602. The average Bonchev–Trinajstić information content (AvgIpc) is 2.21. The number of ether oxygens (including phenoxy) is 1. The van der Waals surface area contributed by atoms with E-state index in [1.54, 1.807) is 0 Å². The fraction of sp³-hybridized carbons (Fsp3) is 0.900. The molecule has 0 aromatic heterocycles. The lowest BCUT2D eigenvalue weighted by molar-refractivity contribution is -0.113. The van der Waals surface area contributed by atoms with Gasteiger partial charge in [0.2, 0.25) is 5.12 Å². The smallest absolute Gasteiger partial charge is 0.214 e. The Hall–Kier alpha value is -0.0600. The lowest BCUT2D eigenvalue weighted by atomic mass is 10.2. The zero-order chi connectivity index (χ0) is 10.6. The first-order valence-corrected chi connectivity index (χ1v) is 6.14. The summed E-state index contributed by atoms with van der Waals surface area (Å²) in [5, 5.41) is 8.24. The van der Waals surface area contributed by atoms with E-state index in [0.717, 1.165) is 24.8 Å². The van der Waals surface area contributed by atoms with Gasteiger partial charge < -0.3 is 9.84 Å². The van der Waals surface area contributed by atoms with Crippen LogP contribution in [0, 0.1) is 0 Å². The number of aliphatic hydroxyl groups excluding tert-OH is 1. The summed E-state index contributed by atoms with van der Waals surface area (Å²) in [4.78, 5) is 10.6. The van der Waals surface area contributed by atoms with Gasteiger partial charge in [0.15, 0.2) is 0 Å². The van der Waals surface area contributed by atoms with E-state index < -0.39 is 0 Å². The Labute approximate surface area is 90.2 Å². The van der Waals surface area contributed by atoms with Crippen molar-refractivity contribution >= 4 is 16.9 Å². The Bertz CT molecular complexity index is 139. The van der Waals surface area contributed by atoms with Gasteiger partial charge in [-0.3, -0.25) is 4.79 Å². The van der Waals surface area contributed by atoms with Crippen LogP contribution in [0.2, 0.25) is 0 Å². The minimum Gasteiger partial charge on any atom is -0.388 e. The molecule has 0 fully saturated rings. The van der Waals surface area contributed by atoms with Crippen molar-refractivity contribution < 1.29 is 14.6 Å². The van der Waals surface area contributed by atoms with Crippen molar-refractivity contribution in [1.82, 2.24) is 0 Å². The standard InChI is InChI=1S/C10H20O3S/c1-2-3-4-5-6-13-7-8-14-10(12)9-11/h11H,2-9H2,1H3. The van der Waals surface area contributed by atoms with E-state index >= 15 is 0 Å². The predicted molar refractivity (Wildman–Crippen MR) is 59.5 cm³/mol. The van der Waals surface area contributed by atoms with Gasteiger partial charge in [-0.15, -0.1) is 0 Å². The van der Waals surface area contributed by atoms with E-state index in [1.807, 2.05) is 0 Å². The summed E-state index contributed by atoms with van der Waals surface area (Å²) in [5.74, 6) is 0.646. The third-order valence-electron chi connectivity index (χ3n) is 1.76. The van der Waals surface area contributed by atoms with Gasteiger partial charge in [0.25, 0.3) is 0 Å². The Morgan fingerprint density at radius 2 is 2.07 bits per heavy atom. The largest absolute Gasteiger partial charge is 0.388 e. The van der Waals surface area contributed by atoms with Crippen molar-refractivity contribution in [3.8, 4) is 0 Å². The normalized spacial score (nSPS) is 10.4. The topological polar surface area (TPSA) is 46.5 Å². The molecular weight excluding hydrogens is 200 g/mol. The molecule has 0 heterocycles. The maximum Gasteiger partial charge on any atom is 0.214 e. The second kappa shape index (κ2) is 11.0. The van der Waals surface area contributed by atoms with Gasteiger partial charge in [0, 0.05) is 12.4 Å². The molecule has 0 aromatic carbocycles. The van der Waals surface area contributed by atoms with Crippen molar-refractivity contribution in [1.29, 1.82) is 0 Å². The first-order chi connectivity index (χ1) is 6.81. The summed E-state index contributed by atoms with van der Waals surface area (Å²) in [6.07, 6.45) is 4.83. The summed E-state index contributed by atoms with van der Waals surface area (Å²) in [6, 6.07) is 0. The van der Waals surface area contributed by atoms with Crippen LogP contribution in [0.5, 0.6) is 0 Å². The number of hydrogen-bond acceptors (Lipinski definition) is 4. The molecule has 0 amide bonds. The number of aliphatic hydroxyl groups is 1. The van der Waals surface area contributed by atoms with E-state index in [4.69, 9.17) is 9.84 Å². The molecule has 0 aliphatic carbocycles. The van der Waals surface area contributed by atoms with Crippen LogP contribution < -0.4 is 0 Å². The fourth-order valence-corrected chi connectivity index (χ4v) is 1.51. The Morgan fingerprint density at radius 1 is 1.29 bits per heavy atom. The van der Waals surface area contributed by atoms with E-state index in [2.05, 4.69) is 6.92 Å². The summed E-state index contributed by atoms with van der Waals surface area (Å²) in [6.45, 7) is 3.19. The highest BCUT2D eigenvalue weighted by Crippen LogP contribution is 2.02.